The summed E-state index contributed by atoms with van der Waals surface area (Å²) in [5.41, 5.74) is 2.29. The van der Waals surface area contributed by atoms with Gasteiger partial charge in [0, 0.05) is 6.04 Å². The van der Waals surface area contributed by atoms with E-state index < -0.39 is 0 Å². The summed E-state index contributed by atoms with van der Waals surface area (Å²) in [6.07, 6.45) is 6.56. The summed E-state index contributed by atoms with van der Waals surface area (Å²) < 4.78 is 13.3. The van der Waals surface area contributed by atoms with Gasteiger partial charge in [0.05, 0.1) is 0 Å². The normalized spacial score (nSPS) is 18.7. The smallest absolute Gasteiger partial charge is 0.126 e. The molecule has 0 aliphatic carbocycles. The summed E-state index contributed by atoms with van der Waals surface area (Å²) in [6, 6.07) is 6.21. The SMILES string of the molecule is C=CCC(C)(C)C.Cc1ccc(CC2CCCN2C)cc1F. The lowest BCUT2D eigenvalue weighted by Gasteiger charge is -2.19. The third-order valence-corrected chi connectivity index (χ3v) is 4.14. The second-order valence-electron chi connectivity index (χ2n) is 7.62. The van der Waals surface area contributed by atoms with Gasteiger partial charge in [0.25, 0.3) is 0 Å². The van der Waals surface area contributed by atoms with Crippen LogP contribution in [0, 0.1) is 18.2 Å². The van der Waals surface area contributed by atoms with Crippen LogP contribution in [-0.2, 0) is 6.42 Å². The summed E-state index contributed by atoms with van der Waals surface area (Å²) in [5, 5.41) is 0. The number of hydrogen-bond donors (Lipinski definition) is 0. The molecule has 1 atom stereocenters. The Hall–Kier alpha value is -1.15. The predicted octanol–water partition coefficient (Wildman–Crippen LogP) is 5.38. The van der Waals surface area contributed by atoms with Gasteiger partial charge >= 0.3 is 0 Å². The second kappa shape index (κ2) is 8.47. The zero-order valence-electron chi connectivity index (χ0n) is 15.0. The van der Waals surface area contributed by atoms with E-state index in [0.29, 0.717) is 11.5 Å². The third-order valence-electron chi connectivity index (χ3n) is 4.14. The van der Waals surface area contributed by atoms with Gasteiger partial charge in [0.1, 0.15) is 5.82 Å². The number of allylic oxidation sites excluding steroid dienone is 1. The van der Waals surface area contributed by atoms with Crippen LogP contribution in [0.2, 0.25) is 0 Å². The molecule has 0 radical (unpaired) electrons. The van der Waals surface area contributed by atoms with Gasteiger partial charge in [-0.25, -0.2) is 4.39 Å². The molecule has 1 fully saturated rings. The number of likely N-dealkylation sites (N-methyl/N-ethyl adjacent to an activating group) is 1. The quantitative estimate of drug-likeness (QED) is 0.678. The van der Waals surface area contributed by atoms with Crippen molar-refractivity contribution in [2.45, 2.75) is 59.4 Å². The number of halogens is 1. The third kappa shape index (κ3) is 6.74. The zero-order chi connectivity index (χ0) is 16.8. The Kier molecular flexibility index (Phi) is 7.28. The molecule has 0 saturated carbocycles. The Bertz CT molecular complexity index is 473. The maximum absolute atomic E-state index is 13.3. The van der Waals surface area contributed by atoms with E-state index in [9.17, 15) is 4.39 Å². The van der Waals surface area contributed by atoms with Crippen LogP contribution in [0.25, 0.3) is 0 Å². The minimum Gasteiger partial charge on any atom is -0.303 e. The molecule has 0 aromatic heterocycles. The first kappa shape index (κ1) is 18.9. The summed E-state index contributed by atoms with van der Waals surface area (Å²) in [7, 11) is 2.15. The Balaban J connectivity index is 0.000000295. The molecular formula is C20H32FN. The number of hydrogen-bond acceptors (Lipinski definition) is 1. The minimum absolute atomic E-state index is 0.0758. The molecule has 1 nitrogen and oxygen atoms in total. The van der Waals surface area contributed by atoms with E-state index in [4.69, 9.17) is 0 Å². The van der Waals surface area contributed by atoms with Crippen LogP contribution in [0.15, 0.2) is 30.9 Å². The molecule has 1 aromatic rings. The lowest BCUT2D eigenvalue weighted by atomic mass is 9.93. The fourth-order valence-electron chi connectivity index (χ4n) is 2.71. The standard InChI is InChI=1S/C13H18FN.C7H14/c1-10-5-6-11(9-13(10)14)8-12-4-3-7-15(12)2;1-5-6-7(2,3)4/h5-6,9,12H,3-4,7-8H2,1-2H3;5H,1,6H2,2-4H3. The van der Waals surface area contributed by atoms with Crippen LogP contribution in [0.3, 0.4) is 0 Å². The van der Waals surface area contributed by atoms with Crippen molar-refractivity contribution in [3.8, 4) is 0 Å². The van der Waals surface area contributed by atoms with Crippen molar-refractivity contribution in [3.05, 3.63) is 47.8 Å². The van der Waals surface area contributed by atoms with E-state index >= 15 is 0 Å². The van der Waals surface area contributed by atoms with Crippen LogP contribution >= 0.6 is 0 Å². The average molecular weight is 305 g/mol. The first-order chi connectivity index (χ1) is 10.2. The average Bonchev–Trinajstić information content (AvgIpc) is 2.79. The van der Waals surface area contributed by atoms with Gasteiger partial charge in [-0.2, -0.15) is 0 Å². The molecule has 0 N–H and O–H groups in total. The Morgan fingerprint density at radius 3 is 2.45 bits per heavy atom. The maximum Gasteiger partial charge on any atom is 0.126 e. The van der Waals surface area contributed by atoms with Gasteiger partial charge in [-0.05, 0) is 68.8 Å². The highest BCUT2D eigenvalue weighted by molar-refractivity contribution is 5.24. The molecule has 1 aliphatic rings. The van der Waals surface area contributed by atoms with Gasteiger partial charge < -0.3 is 4.90 Å². The maximum atomic E-state index is 13.3. The minimum atomic E-state index is -0.0758. The molecule has 0 spiro atoms. The molecule has 0 bridgehead atoms. The molecule has 22 heavy (non-hydrogen) atoms. The summed E-state index contributed by atoms with van der Waals surface area (Å²) in [6.45, 7) is 13.2. The van der Waals surface area contributed by atoms with Crippen LogP contribution in [0.5, 0.6) is 0 Å². The highest BCUT2D eigenvalue weighted by atomic mass is 19.1. The van der Waals surface area contributed by atoms with E-state index in [1.807, 2.05) is 18.2 Å². The molecule has 1 unspecified atom stereocenters. The number of rotatable bonds is 3. The van der Waals surface area contributed by atoms with E-state index in [1.165, 1.54) is 19.4 Å². The van der Waals surface area contributed by atoms with Crippen molar-refractivity contribution in [3.63, 3.8) is 0 Å². The van der Waals surface area contributed by atoms with Gasteiger partial charge in [-0.3, -0.25) is 0 Å². The number of likely N-dealkylation sites (tertiary alicyclic amines) is 1. The molecule has 1 aromatic carbocycles. The van der Waals surface area contributed by atoms with Crippen molar-refractivity contribution in [2.24, 2.45) is 5.41 Å². The molecular weight excluding hydrogens is 273 g/mol. The summed E-state index contributed by atoms with van der Waals surface area (Å²) >= 11 is 0. The Morgan fingerprint density at radius 2 is 2.05 bits per heavy atom. The van der Waals surface area contributed by atoms with Crippen molar-refractivity contribution < 1.29 is 4.39 Å². The van der Waals surface area contributed by atoms with E-state index in [2.05, 4.69) is 39.3 Å². The molecule has 124 valence electrons. The van der Waals surface area contributed by atoms with Gasteiger partial charge in [-0.1, -0.05) is 39.0 Å². The zero-order valence-corrected chi connectivity index (χ0v) is 15.0. The van der Waals surface area contributed by atoms with Crippen molar-refractivity contribution in [1.29, 1.82) is 0 Å². The second-order valence-corrected chi connectivity index (χ2v) is 7.62. The fraction of sp³-hybridized carbons (Fsp3) is 0.600. The van der Waals surface area contributed by atoms with E-state index in [0.717, 1.165) is 24.0 Å². The molecule has 0 amide bonds. The summed E-state index contributed by atoms with van der Waals surface area (Å²) in [4.78, 5) is 2.37. The van der Waals surface area contributed by atoms with Crippen LogP contribution in [0.1, 0.15) is 51.2 Å². The number of aryl methyl sites for hydroxylation is 1. The highest BCUT2D eigenvalue weighted by Gasteiger charge is 2.20. The van der Waals surface area contributed by atoms with E-state index in [1.54, 1.807) is 13.0 Å². The van der Waals surface area contributed by atoms with Crippen LogP contribution in [0.4, 0.5) is 4.39 Å². The first-order valence-electron chi connectivity index (χ1n) is 8.29. The van der Waals surface area contributed by atoms with Gasteiger partial charge in [0.2, 0.25) is 0 Å². The lowest BCUT2D eigenvalue weighted by Crippen LogP contribution is -2.26. The van der Waals surface area contributed by atoms with Crippen molar-refractivity contribution >= 4 is 0 Å². The molecule has 1 saturated heterocycles. The molecule has 2 rings (SSSR count). The van der Waals surface area contributed by atoms with Crippen LogP contribution in [-0.4, -0.2) is 24.5 Å². The lowest BCUT2D eigenvalue weighted by molar-refractivity contribution is 0.309. The largest absolute Gasteiger partial charge is 0.303 e. The highest BCUT2D eigenvalue weighted by Crippen LogP contribution is 2.20. The van der Waals surface area contributed by atoms with Crippen LogP contribution < -0.4 is 0 Å². The first-order valence-corrected chi connectivity index (χ1v) is 8.29. The Labute approximate surface area is 136 Å². The van der Waals surface area contributed by atoms with Gasteiger partial charge in [-0.15, -0.1) is 6.58 Å². The van der Waals surface area contributed by atoms with E-state index in [-0.39, 0.29) is 5.82 Å². The molecule has 2 heteroatoms. The van der Waals surface area contributed by atoms with Crippen molar-refractivity contribution in [1.82, 2.24) is 4.90 Å². The van der Waals surface area contributed by atoms with Gasteiger partial charge in [0.15, 0.2) is 0 Å². The summed E-state index contributed by atoms with van der Waals surface area (Å²) in [5.74, 6) is -0.0758. The number of nitrogens with zero attached hydrogens (tertiary/aromatic N) is 1. The number of benzene rings is 1. The topological polar surface area (TPSA) is 3.24 Å². The predicted molar refractivity (Wildman–Crippen MR) is 94.8 cm³/mol. The molecule has 1 aliphatic heterocycles. The fourth-order valence-corrected chi connectivity index (χ4v) is 2.71. The Morgan fingerprint density at radius 1 is 1.36 bits per heavy atom. The van der Waals surface area contributed by atoms with Crippen molar-refractivity contribution in [2.75, 3.05) is 13.6 Å². The molecule has 1 heterocycles. The monoisotopic (exact) mass is 305 g/mol.